The molecule has 1 saturated heterocycles. The molecule has 4 nitrogen and oxygen atoms in total. The summed E-state index contributed by atoms with van der Waals surface area (Å²) in [4.78, 5) is 18.7. The van der Waals surface area contributed by atoms with Crippen LogP contribution in [0, 0.1) is 0 Å². The number of nitrogens with zero attached hydrogens (tertiary/aromatic N) is 2. The molecule has 1 fully saturated rings. The normalized spacial score (nSPS) is 18.3. The van der Waals surface area contributed by atoms with Gasteiger partial charge in [0.15, 0.2) is 0 Å². The van der Waals surface area contributed by atoms with Crippen molar-refractivity contribution in [3.8, 4) is 5.75 Å². The molecule has 1 unspecified atom stereocenters. The van der Waals surface area contributed by atoms with E-state index < -0.39 is 0 Å². The molecule has 1 aromatic heterocycles. The van der Waals surface area contributed by atoms with Gasteiger partial charge in [-0.2, -0.15) is 0 Å². The minimum absolute atomic E-state index is 0.104. The molecule has 23 heavy (non-hydrogen) atoms. The van der Waals surface area contributed by atoms with E-state index in [9.17, 15) is 4.79 Å². The Labute approximate surface area is 137 Å². The average Bonchev–Trinajstić information content (AvgIpc) is 2.88. The summed E-state index contributed by atoms with van der Waals surface area (Å²) < 4.78 is 5.23. The summed E-state index contributed by atoms with van der Waals surface area (Å²) in [5.74, 6) is 1.36. The lowest BCUT2D eigenvalue weighted by Crippen LogP contribution is -2.34. The summed E-state index contributed by atoms with van der Waals surface area (Å²) in [6, 6.07) is 11.8. The van der Waals surface area contributed by atoms with Gasteiger partial charge in [0.25, 0.3) is 5.91 Å². The van der Waals surface area contributed by atoms with Crippen LogP contribution in [0.1, 0.15) is 41.1 Å². The number of carbonyl (C=O) groups is 1. The number of methoxy groups -OCH3 is 1. The lowest BCUT2D eigenvalue weighted by molar-refractivity contribution is 0.0754. The van der Waals surface area contributed by atoms with E-state index >= 15 is 0 Å². The maximum absolute atomic E-state index is 12.7. The first-order valence-corrected chi connectivity index (χ1v) is 8.11. The first-order chi connectivity index (χ1) is 11.3. The van der Waals surface area contributed by atoms with Crippen LogP contribution in [0.15, 0.2) is 48.8 Å². The fraction of sp³-hybridized carbons (Fsp3) is 0.368. The number of hydrogen-bond acceptors (Lipinski definition) is 3. The van der Waals surface area contributed by atoms with Crippen molar-refractivity contribution in [1.29, 1.82) is 0 Å². The van der Waals surface area contributed by atoms with Gasteiger partial charge in [-0.1, -0.05) is 18.6 Å². The maximum atomic E-state index is 12.7. The number of carbonyl (C=O) groups excluding carboxylic acids is 1. The summed E-state index contributed by atoms with van der Waals surface area (Å²) >= 11 is 0. The Bertz CT molecular complexity index is 640. The van der Waals surface area contributed by atoms with E-state index in [1.54, 1.807) is 31.6 Å². The molecule has 0 N–H and O–H groups in total. The van der Waals surface area contributed by atoms with Crippen molar-refractivity contribution in [2.75, 3.05) is 20.2 Å². The predicted octanol–water partition coefficient (Wildman–Crippen LogP) is 3.50. The Kier molecular flexibility index (Phi) is 4.91. The first-order valence-electron chi connectivity index (χ1n) is 8.11. The molecule has 1 aliphatic heterocycles. The second-order valence-corrected chi connectivity index (χ2v) is 5.95. The van der Waals surface area contributed by atoms with E-state index in [-0.39, 0.29) is 5.91 Å². The Morgan fingerprint density at radius 3 is 2.57 bits per heavy atom. The van der Waals surface area contributed by atoms with Gasteiger partial charge in [-0.15, -0.1) is 0 Å². The zero-order chi connectivity index (χ0) is 16.1. The molecule has 1 aromatic carbocycles. The number of pyridine rings is 1. The van der Waals surface area contributed by atoms with Crippen molar-refractivity contribution < 1.29 is 9.53 Å². The Morgan fingerprint density at radius 1 is 1.13 bits per heavy atom. The van der Waals surface area contributed by atoms with Crippen LogP contribution in [-0.4, -0.2) is 36.0 Å². The molecule has 0 aliphatic carbocycles. The second-order valence-electron chi connectivity index (χ2n) is 5.95. The van der Waals surface area contributed by atoms with E-state index in [2.05, 4.69) is 17.1 Å². The molecule has 2 heterocycles. The number of likely N-dealkylation sites (tertiary alicyclic amines) is 1. The highest BCUT2D eigenvalue weighted by Gasteiger charge is 2.24. The predicted molar refractivity (Wildman–Crippen MR) is 89.7 cm³/mol. The van der Waals surface area contributed by atoms with Crippen LogP contribution in [0.2, 0.25) is 0 Å². The van der Waals surface area contributed by atoms with Gasteiger partial charge in [0.2, 0.25) is 0 Å². The van der Waals surface area contributed by atoms with Crippen molar-refractivity contribution in [3.05, 3.63) is 59.9 Å². The third-order valence-corrected chi connectivity index (χ3v) is 4.47. The third kappa shape index (κ3) is 3.70. The molecular formula is C19H22N2O2. The van der Waals surface area contributed by atoms with Crippen LogP contribution in [-0.2, 0) is 0 Å². The number of amides is 1. The molecule has 1 atom stereocenters. The van der Waals surface area contributed by atoms with Crippen molar-refractivity contribution in [2.45, 2.75) is 25.2 Å². The van der Waals surface area contributed by atoms with Gasteiger partial charge in [-0.25, -0.2) is 0 Å². The number of benzene rings is 1. The number of rotatable bonds is 3. The zero-order valence-corrected chi connectivity index (χ0v) is 13.4. The molecule has 4 heteroatoms. The Morgan fingerprint density at radius 2 is 1.87 bits per heavy atom. The highest BCUT2D eigenvalue weighted by atomic mass is 16.5. The van der Waals surface area contributed by atoms with Crippen LogP contribution >= 0.6 is 0 Å². The van der Waals surface area contributed by atoms with Crippen LogP contribution in [0.3, 0.4) is 0 Å². The number of aromatic nitrogens is 1. The van der Waals surface area contributed by atoms with Gasteiger partial charge < -0.3 is 9.64 Å². The van der Waals surface area contributed by atoms with Gasteiger partial charge in [-0.05, 0) is 42.7 Å². The van der Waals surface area contributed by atoms with E-state index in [0.717, 1.165) is 43.7 Å². The molecule has 120 valence electrons. The van der Waals surface area contributed by atoms with E-state index in [1.807, 2.05) is 17.0 Å². The topological polar surface area (TPSA) is 42.4 Å². The second kappa shape index (κ2) is 7.27. The fourth-order valence-corrected chi connectivity index (χ4v) is 3.15. The number of hydrogen-bond donors (Lipinski definition) is 0. The molecule has 3 rings (SSSR count). The molecule has 1 amide bonds. The quantitative estimate of drug-likeness (QED) is 0.871. The van der Waals surface area contributed by atoms with Crippen molar-refractivity contribution in [1.82, 2.24) is 9.88 Å². The summed E-state index contributed by atoms with van der Waals surface area (Å²) in [5.41, 5.74) is 2.00. The highest BCUT2D eigenvalue weighted by molar-refractivity contribution is 5.94. The molecule has 2 aromatic rings. The summed E-state index contributed by atoms with van der Waals surface area (Å²) in [7, 11) is 1.68. The monoisotopic (exact) mass is 310 g/mol. The van der Waals surface area contributed by atoms with E-state index in [0.29, 0.717) is 5.92 Å². The molecule has 0 radical (unpaired) electrons. The average molecular weight is 310 g/mol. The van der Waals surface area contributed by atoms with Crippen molar-refractivity contribution in [2.24, 2.45) is 0 Å². The van der Waals surface area contributed by atoms with E-state index in [4.69, 9.17) is 4.74 Å². The summed E-state index contributed by atoms with van der Waals surface area (Å²) in [5, 5.41) is 0. The zero-order valence-electron chi connectivity index (χ0n) is 13.4. The molecular weight excluding hydrogens is 288 g/mol. The van der Waals surface area contributed by atoms with Crippen molar-refractivity contribution >= 4 is 5.91 Å². The summed E-state index contributed by atoms with van der Waals surface area (Å²) in [6.07, 6.45) is 6.67. The number of ether oxygens (including phenoxy) is 1. The van der Waals surface area contributed by atoms with Gasteiger partial charge in [0, 0.05) is 37.0 Å². The van der Waals surface area contributed by atoms with Crippen LogP contribution in [0.25, 0.3) is 0 Å². The Hall–Kier alpha value is -2.36. The SMILES string of the molecule is COc1ccc(C2CCCCN(C(=O)c3ccncc3)C2)cc1. The van der Waals surface area contributed by atoms with Gasteiger partial charge in [-0.3, -0.25) is 9.78 Å². The Balaban J connectivity index is 1.76. The van der Waals surface area contributed by atoms with Crippen LogP contribution in [0.4, 0.5) is 0 Å². The van der Waals surface area contributed by atoms with Gasteiger partial charge >= 0.3 is 0 Å². The highest BCUT2D eigenvalue weighted by Crippen LogP contribution is 2.28. The lowest BCUT2D eigenvalue weighted by atomic mass is 9.94. The van der Waals surface area contributed by atoms with Crippen LogP contribution in [0.5, 0.6) is 5.75 Å². The van der Waals surface area contributed by atoms with E-state index in [1.165, 1.54) is 5.56 Å². The smallest absolute Gasteiger partial charge is 0.253 e. The van der Waals surface area contributed by atoms with Gasteiger partial charge in [0.1, 0.15) is 5.75 Å². The fourth-order valence-electron chi connectivity index (χ4n) is 3.15. The molecule has 1 aliphatic rings. The molecule has 0 bridgehead atoms. The lowest BCUT2D eigenvalue weighted by Gasteiger charge is -2.25. The first kappa shape index (κ1) is 15.5. The third-order valence-electron chi connectivity index (χ3n) is 4.47. The largest absolute Gasteiger partial charge is 0.497 e. The molecule has 0 saturated carbocycles. The minimum atomic E-state index is 0.104. The standard InChI is InChI=1S/C19H22N2O2/c1-23-18-7-5-15(6-8-18)17-4-2-3-13-21(14-17)19(22)16-9-11-20-12-10-16/h5-12,17H,2-4,13-14H2,1H3. The maximum Gasteiger partial charge on any atom is 0.253 e. The summed E-state index contributed by atoms with van der Waals surface area (Å²) in [6.45, 7) is 1.60. The molecule has 0 spiro atoms. The van der Waals surface area contributed by atoms with Crippen LogP contribution < -0.4 is 4.74 Å². The van der Waals surface area contributed by atoms with Crippen molar-refractivity contribution in [3.63, 3.8) is 0 Å². The minimum Gasteiger partial charge on any atom is -0.497 e. The van der Waals surface area contributed by atoms with Gasteiger partial charge in [0.05, 0.1) is 7.11 Å².